The molecule has 0 spiro atoms. The second-order valence-corrected chi connectivity index (χ2v) is 4.98. The van der Waals surface area contributed by atoms with Crippen LogP contribution in [-0.2, 0) is 0 Å². The average molecular weight is 228 g/mol. The monoisotopic (exact) mass is 228 g/mol. The molecule has 1 saturated heterocycles. The molecule has 0 aliphatic carbocycles. The van der Waals surface area contributed by atoms with Gasteiger partial charge in [0.2, 0.25) is 0 Å². The van der Waals surface area contributed by atoms with Crippen LogP contribution >= 0.6 is 0 Å². The topological polar surface area (TPSA) is 20.2 Å². The molecule has 1 aliphatic heterocycles. The molecule has 1 nitrogen and oxygen atoms in total. The van der Waals surface area contributed by atoms with Gasteiger partial charge < -0.3 is 5.11 Å². The zero-order valence-electron chi connectivity index (χ0n) is 12.6. The Kier molecular flexibility index (Phi) is 13.2. The number of hydrogen-bond acceptors (Lipinski definition) is 1. The van der Waals surface area contributed by atoms with Crippen molar-refractivity contribution in [2.75, 3.05) is 0 Å². The van der Waals surface area contributed by atoms with Gasteiger partial charge in [-0.2, -0.15) is 0 Å². The molecule has 1 heterocycles. The van der Waals surface area contributed by atoms with Crippen molar-refractivity contribution in [1.82, 2.24) is 0 Å². The Morgan fingerprint density at radius 3 is 1.88 bits per heavy atom. The number of aliphatic hydroxyl groups excluding tert-OH is 1. The minimum absolute atomic E-state index is 0.116. The predicted molar refractivity (Wildman–Crippen MR) is 77.6 cm³/mol. The first kappa shape index (κ1) is 18.4. The van der Waals surface area contributed by atoms with Gasteiger partial charge in [0.15, 0.2) is 0 Å². The highest BCUT2D eigenvalue weighted by molar-refractivity contribution is 6.59. The van der Waals surface area contributed by atoms with Crippen molar-refractivity contribution < 1.29 is 5.11 Å². The van der Waals surface area contributed by atoms with E-state index in [0.29, 0.717) is 0 Å². The van der Waals surface area contributed by atoms with Gasteiger partial charge in [0.25, 0.3) is 0 Å². The first-order chi connectivity index (χ1) is 7.51. The maximum absolute atomic E-state index is 8.36. The first-order valence-corrected chi connectivity index (χ1v) is 7.19. The predicted octanol–water partition coefficient (Wildman–Crippen LogP) is 4.73. The zero-order valence-corrected chi connectivity index (χ0v) is 12.6. The summed E-state index contributed by atoms with van der Waals surface area (Å²) < 4.78 is 0. The normalized spacial score (nSPS) is 25.1. The highest BCUT2D eigenvalue weighted by atomic mass is 16.3. The Morgan fingerprint density at radius 1 is 1.31 bits per heavy atom. The molecule has 0 bridgehead atoms. The van der Waals surface area contributed by atoms with Gasteiger partial charge in [0.1, 0.15) is 6.71 Å². The van der Waals surface area contributed by atoms with Crippen molar-refractivity contribution in [3.63, 3.8) is 0 Å². The van der Waals surface area contributed by atoms with Gasteiger partial charge in [-0.3, -0.25) is 0 Å². The molecule has 0 radical (unpaired) electrons. The quantitative estimate of drug-likeness (QED) is 0.677. The SMILES string of the molecule is CC.CCC(C)O.CCC1CC(C)CB1C. The lowest BCUT2D eigenvalue weighted by molar-refractivity contribution is 0.191. The molecule has 0 aromatic heterocycles. The highest BCUT2D eigenvalue weighted by Gasteiger charge is 2.29. The average Bonchev–Trinajstić information content (AvgIpc) is 2.60. The molecule has 3 atom stereocenters. The third-order valence-electron chi connectivity index (χ3n) is 3.40. The van der Waals surface area contributed by atoms with E-state index in [1.165, 1.54) is 19.2 Å². The van der Waals surface area contributed by atoms with Crippen LogP contribution in [0.1, 0.15) is 60.8 Å². The van der Waals surface area contributed by atoms with Crippen LogP contribution in [0.5, 0.6) is 0 Å². The molecule has 3 unspecified atom stereocenters. The number of aliphatic hydroxyl groups is 1. The van der Waals surface area contributed by atoms with E-state index < -0.39 is 0 Å². The Labute approximate surface area is 104 Å². The van der Waals surface area contributed by atoms with Crippen LogP contribution in [0.3, 0.4) is 0 Å². The number of hydrogen-bond donors (Lipinski definition) is 1. The molecular formula is C14H33BO. The van der Waals surface area contributed by atoms with Crippen LogP contribution in [-0.4, -0.2) is 17.9 Å². The summed E-state index contributed by atoms with van der Waals surface area (Å²) in [6, 6.07) is 0. The highest BCUT2D eigenvalue weighted by Crippen LogP contribution is 2.37. The van der Waals surface area contributed by atoms with Crippen molar-refractivity contribution in [3.8, 4) is 0 Å². The summed E-state index contributed by atoms with van der Waals surface area (Å²) in [5.41, 5.74) is 0. The molecule has 0 aromatic rings. The van der Waals surface area contributed by atoms with Crippen molar-refractivity contribution in [2.24, 2.45) is 5.92 Å². The van der Waals surface area contributed by atoms with E-state index in [1.807, 2.05) is 20.8 Å². The van der Waals surface area contributed by atoms with Gasteiger partial charge in [-0.25, -0.2) is 0 Å². The van der Waals surface area contributed by atoms with E-state index in [1.54, 1.807) is 6.92 Å². The third-order valence-corrected chi connectivity index (χ3v) is 3.40. The lowest BCUT2D eigenvalue weighted by Crippen LogP contribution is -2.06. The van der Waals surface area contributed by atoms with Crippen molar-refractivity contribution in [3.05, 3.63) is 0 Å². The Balaban J connectivity index is 0. The van der Waals surface area contributed by atoms with Crippen molar-refractivity contribution in [1.29, 1.82) is 0 Å². The molecule has 0 amide bonds. The largest absolute Gasteiger partial charge is 0.393 e. The van der Waals surface area contributed by atoms with E-state index in [0.717, 1.165) is 24.9 Å². The summed E-state index contributed by atoms with van der Waals surface area (Å²) in [5, 5.41) is 8.36. The maximum atomic E-state index is 8.36. The Hall–Kier alpha value is 0.0249. The summed E-state index contributed by atoms with van der Waals surface area (Å²) in [6.45, 7) is 15.8. The van der Waals surface area contributed by atoms with Gasteiger partial charge in [0.05, 0.1) is 6.10 Å². The van der Waals surface area contributed by atoms with E-state index in [2.05, 4.69) is 20.7 Å². The Bertz CT molecular complexity index is 137. The minimum Gasteiger partial charge on any atom is -0.393 e. The van der Waals surface area contributed by atoms with Crippen LogP contribution < -0.4 is 0 Å². The van der Waals surface area contributed by atoms with Crippen LogP contribution in [0.15, 0.2) is 0 Å². The van der Waals surface area contributed by atoms with Gasteiger partial charge in [-0.15, -0.1) is 0 Å². The molecule has 0 aromatic carbocycles. The van der Waals surface area contributed by atoms with Crippen molar-refractivity contribution in [2.45, 2.75) is 85.9 Å². The third kappa shape index (κ3) is 9.27. The lowest BCUT2D eigenvalue weighted by Gasteiger charge is -2.07. The minimum atomic E-state index is -0.116. The van der Waals surface area contributed by atoms with Gasteiger partial charge in [-0.1, -0.05) is 72.3 Å². The molecule has 1 N–H and O–H groups in total. The van der Waals surface area contributed by atoms with Gasteiger partial charge >= 0.3 is 0 Å². The molecule has 98 valence electrons. The zero-order chi connectivity index (χ0) is 13.1. The maximum Gasteiger partial charge on any atom is 0.140 e. The summed E-state index contributed by atoms with van der Waals surface area (Å²) in [7, 11) is 0. The smallest absolute Gasteiger partial charge is 0.140 e. The van der Waals surface area contributed by atoms with E-state index in [9.17, 15) is 0 Å². The van der Waals surface area contributed by atoms with Crippen LogP contribution in [0.2, 0.25) is 19.0 Å². The Morgan fingerprint density at radius 2 is 1.75 bits per heavy atom. The first-order valence-electron chi connectivity index (χ1n) is 7.19. The van der Waals surface area contributed by atoms with E-state index >= 15 is 0 Å². The summed E-state index contributed by atoms with van der Waals surface area (Å²) in [4.78, 5) is 0. The number of rotatable bonds is 2. The molecule has 1 aliphatic rings. The van der Waals surface area contributed by atoms with Gasteiger partial charge in [-0.05, 0) is 13.3 Å². The van der Waals surface area contributed by atoms with Crippen LogP contribution in [0.25, 0.3) is 0 Å². The summed E-state index contributed by atoms with van der Waals surface area (Å²) in [6.07, 6.45) is 5.09. The van der Waals surface area contributed by atoms with Crippen LogP contribution in [0, 0.1) is 5.92 Å². The molecule has 2 heteroatoms. The molecular weight excluding hydrogens is 195 g/mol. The van der Waals surface area contributed by atoms with E-state index in [-0.39, 0.29) is 6.10 Å². The van der Waals surface area contributed by atoms with E-state index in [4.69, 9.17) is 5.11 Å². The molecule has 1 rings (SSSR count). The fourth-order valence-corrected chi connectivity index (χ4v) is 2.24. The molecule has 0 saturated carbocycles. The fourth-order valence-electron chi connectivity index (χ4n) is 2.24. The summed E-state index contributed by atoms with van der Waals surface area (Å²) >= 11 is 0. The molecule has 16 heavy (non-hydrogen) atoms. The van der Waals surface area contributed by atoms with Gasteiger partial charge in [0, 0.05) is 0 Å². The fraction of sp³-hybridized carbons (Fsp3) is 1.00. The second-order valence-electron chi connectivity index (χ2n) is 4.98. The van der Waals surface area contributed by atoms with Crippen LogP contribution in [0.4, 0.5) is 0 Å². The second kappa shape index (κ2) is 11.5. The standard InChI is InChI=1S/C8H17B.C4H10O.C2H6/c1-4-8-5-7(2)6-9(8)3;1-3-4(2)5;1-2/h7-8H,4-6H2,1-3H3;4-5H,3H2,1-2H3;1-2H3. The summed E-state index contributed by atoms with van der Waals surface area (Å²) in [5.74, 6) is 2.05. The van der Waals surface area contributed by atoms with Crippen molar-refractivity contribution >= 4 is 6.71 Å². The molecule has 1 fully saturated rings. The lowest BCUT2D eigenvalue weighted by atomic mass is 9.44.